The van der Waals surface area contributed by atoms with Crippen LogP contribution in [-0.4, -0.2) is 22.8 Å². The maximum absolute atomic E-state index is 6.54. The van der Waals surface area contributed by atoms with E-state index in [1.165, 1.54) is 0 Å². The van der Waals surface area contributed by atoms with Gasteiger partial charge in [-0.1, -0.05) is 46.4 Å². The van der Waals surface area contributed by atoms with Gasteiger partial charge in [-0.05, 0) is 48.6 Å². The van der Waals surface area contributed by atoms with Gasteiger partial charge in [0.05, 0.1) is 54.4 Å². The van der Waals surface area contributed by atoms with Crippen LogP contribution >= 0.6 is 46.4 Å². The summed E-state index contributed by atoms with van der Waals surface area (Å²) in [6, 6.07) is 0. The maximum atomic E-state index is 6.54. The van der Waals surface area contributed by atoms with Crippen LogP contribution in [0.5, 0.6) is 0 Å². The van der Waals surface area contributed by atoms with E-state index in [4.69, 9.17) is 46.4 Å². The molecule has 0 aromatic rings. The monoisotopic (exact) mass is 444 g/mol. The molecule has 5 aliphatic heterocycles. The van der Waals surface area contributed by atoms with Crippen molar-refractivity contribution in [3.05, 3.63) is 91.5 Å². The molecule has 0 radical (unpaired) electrons. The van der Waals surface area contributed by atoms with Crippen LogP contribution < -0.4 is 0 Å². The van der Waals surface area contributed by atoms with E-state index < -0.39 is 0 Å². The van der Waals surface area contributed by atoms with Crippen molar-refractivity contribution in [2.75, 3.05) is 0 Å². The van der Waals surface area contributed by atoms with Crippen molar-refractivity contribution < 1.29 is 0 Å². The lowest BCUT2D eigenvalue weighted by atomic mass is 10.2. The molecule has 0 fully saturated rings. The molecule has 0 unspecified atom stereocenters. The molecule has 0 aromatic carbocycles. The number of rotatable bonds is 0. The summed E-state index contributed by atoms with van der Waals surface area (Å²) in [5.74, 6) is 0. The Bertz CT molecular complexity index is 1220. The number of aliphatic imine (C=N–C) groups is 4. The second-order valence-electron chi connectivity index (χ2n) is 6.19. The van der Waals surface area contributed by atoms with Crippen LogP contribution in [0.4, 0.5) is 0 Å². The molecule has 0 aliphatic carbocycles. The Balaban J connectivity index is 1.74. The third-order valence-corrected chi connectivity index (χ3v) is 5.75. The van der Waals surface area contributed by atoms with E-state index in [2.05, 4.69) is 20.0 Å². The Kier molecular flexibility index (Phi) is 4.25. The van der Waals surface area contributed by atoms with Gasteiger partial charge in [0.2, 0.25) is 0 Å². The molecule has 0 saturated heterocycles. The number of nitrogens with zero attached hydrogens (tertiary/aromatic N) is 4. The summed E-state index contributed by atoms with van der Waals surface area (Å²) in [5.41, 5.74) is 4.83. The summed E-state index contributed by atoms with van der Waals surface area (Å²) in [6.45, 7) is 0. The minimum atomic E-state index is 0.226. The van der Waals surface area contributed by atoms with Gasteiger partial charge in [0.25, 0.3) is 0 Å². The third-order valence-electron chi connectivity index (χ3n) is 4.26. The minimum absolute atomic E-state index is 0.226. The summed E-state index contributed by atoms with van der Waals surface area (Å²) >= 11 is 25.6. The molecule has 0 atom stereocenters. The standard InChI is InChI=1S/C20H8Cl4N4/c21-14-7-13-6-11-2-1-9(25-11)5-10-3-4-12(26-10)8-15-16(22)17(23)20(28-15)18(24)19(14)27-13/h1-8H. The van der Waals surface area contributed by atoms with E-state index in [0.29, 0.717) is 38.6 Å². The average Bonchev–Trinajstić information content (AvgIpc) is 3.42. The first-order valence-electron chi connectivity index (χ1n) is 8.18. The molecule has 0 spiro atoms. The van der Waals surface area contributed by atoms with Gasteiger partial charge in [0, 0.05) is 0 Å². The Morgan fingerprint density at radius 2 is 1.18 bits per heavy atom. The first kappa shape index (κ1) is 17.8. The zero-order valence-electron chi connectivity index (χ0n) is 13.9. The zero-order chi connectivity index (χ0) is 19.4. The van der Waals surface area contributed by atoms with E-state index in [1.54, 1.807) is 12.2 Å². The molecule has 8 heteroatoms. The zero-order valence-corrected chi connectivity index (χ0v) is 16.9. The van der Waals surface area contributed by atoms with Crippen molar-refractivity contribution in [1.82, 2.24) is 0 Å². The summed E-state index contributed by atoms with van der Waals surface area (Å²) in [7, 11) is 0. The lowest BCUT2D eigenvalue weighted by Gasteiger charge is -2.02. The van der Waals surface area contributed by atoms with E-state index in [1.807, 2.05) is 36.5 Å². The molecule has 5 rings (SSSR count). The molecule has 5 heterocycles. The number of hydrogen-bond donors (Lipinski definition) is 0. The molecule has 0 aromatic heterocycles. The highest BCUT2D eigenvalue weighted by Crippen LogP contribution is 2.38. The summed E-state index contributed by atoms with van der Waals surface area (Å²) in [6.07, 6.45) is 14.7. The fourth-order valence-electron chi connectivity index (χ4n) is 2.98. The third kappa shape index (κ3) is 3.03. The van der Waals surface area contributed by atoms with Crippen molar-refractivity contribution in [1.29, 1.82) is 0 Å². The second kappa shape index (κ2) is 6.68. The summed E-state index contributed by atoms with van der Waals surface area (Å²) in [5, 5.41) is 1.15. The number of hydrogen-bond acceptors (Lipinski definition) is 4. The molecule has 28 heavy (non-hydrogen) atoms. The van der Waals surface area contributed by atoms with Gasteiger partial charge < -0.3 is 0 Å². The molecule has 0 amide bonds. The Labute approximate surface area is 180 Å². The Hall–Kier alpha value is -2.24. The lowest BCUT2D eigenvalue weighted by Crippen LogP contribution is -1.98. The van der Waals surface area contributed by atoms with Crippen LogP contribution in [0, 0.1) is 0 Å². The molecule has 136 valence electrons. The van der Waals surface area contributed by atoms with Gasteiger partial charge in [-0.2, -0.15) is 0 Å². The first-order chi connectivity index (χ1) is 13.5. The van der Waals surface area contributed by atoms with Crippen LogP contribution in [0.25, 0.3) is 0 Å². The molecule has 8 bridgehead atoms. The molecule has 5 aliphatic rings. The van der Waals surface area contributed by atoms with Gasteiger partial charge in [-0.3, -0.25) is 0 Å². The van der Waals surface area contributed by atoms with Crippen LogP contribution in [0.3, 0.4) is 0 Å². The fraction of sp³-hybridized carbons (Fsp3) is 0. The quantitative estimate of drug-likeness (QED) is 0.449. The van der Waals surface area contributed by atoms with E-state index in [9.17, 15) is 0 Å². The van der Waals surface area contributed by atoms with Crippen molar-refractivity contribution in [2.24, 2.45) is 20.0 Å². The topological polar surface area (TPSA) is 49.4 Å². The minimum Gasteiger partial charge on any atom is -0.249 e. The van der Waals surface area contributed by atoms with Gasteiger partial charge in [-0.25, -0.2) is 20.0 Å². The Morgan fingerprint density at radius 3 is 1.89 bits per heavy atom. The smallest absolute Gasteiger partial charge is 0.105 e. The molecular formula is C20H8Cl4N4. The molecule has 4 nitrogen and oxygen atoms in total. The Morgan fingerprint density at radius 1 is 0.536 bits per heavy atom. The highest BCUT2D eigenvalue weighted by molar-refractivity contribution is 6.59. The second-order valence-corrected chi connectivity index (χ2v) is 7.73. The van der Waals surface area contributed by atoms with Gasteiger partial charge in [0.15, 0.2) is 0 Å². The lowest BCUT2D eigenvalue weighted by molar-refractivity contribution is 1.40. The van der Waals surface area contributed by atoms with Gasteiger partial charge in [-0.15, -0.1) is 0 Å². The van der Waals surface area contributed by atoms with E-state index in [0.717, 1.165) is 17.1 Å². The highest BCUT2D eigenvalue weighted by atomic mass is 35.5. The van der Waals surface area contributed by atoms with Crippen LogP contribution in [0.2, 0.25) is 0 Å². The number of fused-ring (bicyclic) bond motifs is 4. The number of allylic oxidation sites excluding steroid dienone is 12. The van der Waals surface area contributed by atoms with E-state index in [-0.39, 0.29) is 10.1 Å². The summed E-state index contributed by atoms with van der Waals surface area (Å²) < 4.78 is 0. The molecule has 0 N–H and O–H groups in total. The first-order valence-corrected chi connectivity index (χ1v) is 9.69. The predicted molar refractivity (Wildman–Crippen MR) is 118 cm³/mol. The van der Waals surface area contributed by atoms with Crippen molar-refractivity contribution in [3.63, 3.8) is 0 Å². The van der Waals surface area contributed by atoms with Crippen LogP contribution in [-0.2, 0) is 0 Å². The maximum Gasteiger partial charge on any atom is 0.105 e. The van der Waals surface area contributed by atoms with Gasteiger partial charge in [0.1, 0.15) is 11.4 Å². The SMILES string of the molecule is ClC1=CC2=CC3=NC(=CC4=NC(=CC5=NC(=C(Cl)C1=N2)C(Cl)=C5Cl)C=C4)C=C3. The number of halogens is 4. The van der Waals surface area contributed by atoms with Crippen molar-refractivity contribution in [2.45, 2.75) is 0 Å². The van der Waals surface area contributed by atoms with Crippen molar-refractivity contribution >= 4 is 69.3 Å². The summed E-state index contributed by atoms with van der Waals surface area (Å²) in [4.78, 5) is 18.1. The predicted octanol–water partition coefficient (Wildman–Crippen LogP) is 5.84. The largest absolute Gasteiger partial charge is 0.249 e. The molecule has 0 saturated carbocycles. The molecular weight excluding hydrogens is 438 g/mol. The fourth-order valence-corrected chi connectivity index (χ4v) is 4.03. The van der Waals surface area contributed by atoms with Gasteiger partial charge >= 0.3 is 0 Å². The normalized spacial score (nSPS) is 22.7. The van der Waals surface area contributed by atoms with E-state index >= 15 is 0 Å². The average molecular weight is 446 g/mol. The highest BCUT2D eigenvalue weighted by Gasteiger charge is 2.27. The van der Waals surface area contributed by atoms with Crippen molar-refractivity contribution in [3.8, 4) is 0 Å². The van der Waals surface area contributed by atoms with Crippen LogP contribution in [0.15, 0.2) is 111 Å². The van der Waals surface area contributed by atoms with Crippen LogP contribution in [0.1, 0.15) is 0 Å².